The van der Waals surface area contributed by atoms with Crippen molar-refractivity contribution >= 4 is 27.6 Å². The van der Waals surface area contributed by atoms with Crippen LogP contribution in [0.2, 0.25) is 0 Å². The summed E-state index contributed by atoms with van der Waals surface area (Å²) in [4.78, 5) is 25.3. The minimum atomic E-state index is -5.08. The van der Waals surface area contributed by atoms with Gasteiger partial charge in [-0.3, -0.25) is 9.69 Å². The van der Waals surface area contributed by atoms with Crippen LogP contribution < -0.4 is 4.90 Å². The van der Waals surface area contributed by atoms with Gasteiger partial charge in [-0.25, -0.2) is 13.2 Å². The first-order valence-corrected chi connectivity index (χ1v) is 11.8. The van der Waals surface area contributed by atoms with Gasteiger partial charge in [-0.15, -0.1) is 0 Å². The van der Waals surface area contributed by atoms with Crippen molar-refractivity contribution in [1.29, 1.82) is 0 Å². The van der Waals surface area contributed by atoms with Crippen LogP contribution in [-0.2, 0) is 19.6 Å². The molecule has 1 atom stereocenters. The number of carboxylic acid groups (broad SMARTS) is 1. The number of hydrogen-bond donors (Lipinski definition) is 1. The van der Waals surface area contributed by atoms with Gasteiger partial charge in [-0.2, -0.15) is 17.5 Å². The smallest absolute Gasteiger partial charge is 0.475 e. The molecule has 1 aromatic carbocycles. The number of likely N-dealkylation sites (N-methyl/N-ethyl adjacent to an activating group) is 1. The summed E-state index contributed by atoms with van der Waals surface area (Å²) in [5.41, 5.74) is 0.579. The van der Waals surface area contributed by atoms with Gasteiger partial charge in [0.15, 0.2) is 0 Å². The summed E-state index contributed by atoms with van der Waals surface area (Å²) in [5, 5.41) is 7.12. The van der Waals surface area contributed by atoms with E-state index in [1.54, 1.807) is 4.31 Å². The van der Waals surface area contributed by atoms with E-state index in [1.165, 1.54) is 0 Å². The summed E-state index contributed by atoms with van der Waals surface area (Å²) < 4.78 is 58.5. The Morgan fingerprint density at radius 1 is 1.19 bits per heavy atom. The zero-order chi connectivity index (χ0) is 24.2. The number of anilines is 1. The lowest BCUT2D eigenvalue weighted by molar-refractivity contribution is -0.192. The van der Waals surface area contributed by atoms with Gasteiger partial charge in [-0.1, -0.05) is 31.5 Å². The minimum absolute atomic E-state index is 0.0617. The van der Waals surface area contributed by atoms with Crippen LogP contribution in [0.25, 0.3) is 0 Å². The molecular formula is C20H28F3N3O5S. The van der Waals surface area contributed by atoms with Crippen LogP contribution in [0.4, 0.5) is 18.9 Å². The highest BCUT2D eigenvalue weighted by Crippen LogP contribution is 2.34. The Morgan fingerprint density at radius 2 is 1.78 bits per heavy atom. The number of rotatable bonds is 5. The highest BCUT2D eigenvalue weighted by atomic mass is 32.2. The van der Waals surface area contributed by atoms with E-state index in [2.05, 4.69) is 0 Å². The third-order valence-corrected chi connectivity index (χ3v) is 7.60. The summed E-state index contributed by atoms with van der Waals surface area (Å²) in [5.74, 6) is -2.48. The van der Waals surface area contributed by atoms with E-state index in [-0.39, 0.29) is 17.2 Å². The van der Waals surface area contributed by atoms with Crippen LogP contribution in [-0.4, -0.2) is 85.3 Å². The highest BCUT2D eigenvalue weighted by molar-refractivity contribution is 7.89. The van der Waals surface area contributed by atoms with Crippen LogP contribution >= 0.6 is 0 Å². The van der Waals surface area contributed by atoms with E-state index < -0.39 is 22.2 Å². The second kappa shape index (κ2) is 10.2. The molecule has 2 fully saturated rings. The zero-order valence-corrected chi connectivity index (χ0v) is 18.8. The number of aliphatic carboxylic acids is 1. The number of unbranched alkanes of at least 4 members (excludes halogenated alkanes) is 1. The highest BCUT2D eigenvalue weighted by Gasteiger charge is 2.49. The fourth-order valence-corrected chi connectivity index (χ4v) is 5.47. The van der Waals surface area contributed by atoms with Gasteiger partial charge in [0.2, 0.25) is 15.9 Å². The van der Waals surface area contributed by atoms with E-state index in [1.807, 2.05) is 54.1 Å². The van der Waals surface area contributed by atoms with Crippen molar-refractivity contribution < 1.29 is 36.3 Å². The van der Waals surface area contributed by atoms with Crippen molar-refractivity contribution in [2.24, 2.45) is 0 Å². The number of carboxylic acids is 1. The Kier molecular flexibility index (Phi) is 8.29. The first-order chi connectivity index (χ1) is 14.8. The molecule has 8 nitrogen and oxygen atoms in total. The van der Waals surface area contributed by atoms with E-state index in [0.717, 1.165) is 18.5 Å². The second-order valence-corrected chi connectivity index (χ2v) is 10.0. The average molecular weight is 480 g/mol. The largest absolute Gasteiger partial charge is 0.490 e. The zero-order valence-electron chi connectivity index (χ0n) is 18.0. The molecule has 2 aliphatic heterocycles. The average Bonchev–Trinajstić information content (AvgIpc) is 3.16. The number of amides is 1. The molecule has 0 saturated carbocycles. The second-order valence-electron chi connectivity index (χ2n) is 7.95. The Bertz CT molecular complexity index is 911. The first kappa shape index (κ1) is 26.1. The summed E-state index contributed by atoms with van der Waals surface area (Å²) >= 11 is 0. The number of hydrogen-bond acceptors (Lipinski definition) is 5. The number of carbonyl (C=O) groups is 2. The molecule has 1 aromatic rings. The molecule has 0 aliphatic carbocycles. The molecule has 180 valence electrons. The number of piperazine rings is 1. The first-order valence-electron chi connectivity index (χ1n) is 10.2. The molecule has 2 heterocycles. The third kappa shape index (κ3) is 6.20. The fraction of sp³-hybridized carbons (Fsp3) is 0.600. The van der Waals surface area contributed by atoms with Gasteiger partial charge >= 0.3 is 12.1 Å². The Hall–Kier alpha value is -2.18. The maximum absolute atomic E-state index is 12.6. The van der Waals surface area contributed by atoms with Crippen molar-refractivity contribution in [2.75, 3.05) is 43.9 Å². The van der Waals surface area contributed by atoms with Gasteiger partial charge in [0.25, 0.3) is 0 Å². The van der Waals surface area contributed by atoms with E-state index >= 15 is 0 Å². The summed E-state index contributed by atoms with van der Waals surface area (Å²) in [6, 6.07) is 9.63. The number of halogens is 3. The van der Waals surface area contributed by atoms with Gasteiger partial charge in [-0.05, 0) is 32.0 Å². The summed E-state index contributed by atoms with van der Waals surface area (Å²) in [6.07, 6.45) is -2.77. The SMILES string of the molecule is CCCCS(=O)(=O)N1CCC2(CN(c3ccccc3)C(=O)CN2C)C1.O=C(O)C(F)(F)F. The number of para-hydroxylation sites is 1. The van der Waals surface area contributed by atoms with Gasteiger partial charge in [0.1, 0.15) is 0 Å². The lowest BCUT2D eigenvalue weighted by Crippen LogP contribution is -2.64. The molecule has 1 N–H and O–H groups in total. The molecule has 3 rings (SSSR count). The van der Waals surface area contributed by atoms with E-state index in [0.29, 0.717) is 32.6 Å². The minimum Gasteiger partial charge on any atom is -0.475 e. The van der Waals surface area contributed by atoms with Crippen molar-refractivity contribution in [3.63, 3.8) is 0 Å². The molecule has 0 radical (unpaired) electrons. The Morgan fingerprint density at radius 3 is 2.31 bits per heavy atom. The number of sulfonamides is 1. The predicted octanol–water partition coefficient (Wildman–Crippen LogP) is 2.17. The standard InChI is InChI=1S/C18H27N3O3S.C2HF3O2/c1-3-4-12-25(23,24)20-11-10-18(14-20)15-21(17(22)13-19(18)2)16-8-6-5-7-9-16;3-2(4,5)1(6)7/h5-9H,3-4,10-15H2,1-2H3;(H,6,7). The van der Waals surface area contributed by atoms with Gasteiger partial charge in [0, 0.05) is 25.3 Å². The van der Waals surface area contributed by atoms with Crippen LogP contribution in [0.15, 0.2) is 30.3 Å². The maximum atomic E-state index is 12.6. The van der Waals surface area contributed by atoms with Crippen molar-refractivity contribution in [2.45, 2.75) is 37.9 Å². The summed E-state index contributed by atoms with van der Waals surface area (Å²) in [7, 11) is -1.28. The summed E-state index contributed by atoms with van der Waals surface area (Å²) in [6.45, 7) is 3.85. The van der Waals surface area contributed by atoms with Gasteiger partial charge in [0.05, 0.1) is 17.8 Å². The monoisotopic (exact) mass is 479 g/mol. The van der Waals surface area contributed by atoms with E-state index in [4.69, 9.17) is 9.90 Å². The van der Waals surface area contributed by atoms with Crippen LogP contribution in [0.5, 0.6) is 0 Å². The molecule has 32 heavy (non-hydrogen) atoms. The lowest BCUT2D eigenvalue weighted by Gasteiger charge is -2.46. The molecule has 1 amide bonds. The van der Waals surface area contributed by atoms with E-state index in [9.17, 15) is 26.4 Å². The predicted molar refractivity (Wildman–Crippen MR) is 113 cm³/mol. The maximum Gasteiger partial charge on any atom is 0.490 e. The van der Waals surface area contributed by atoms with Crippen LogP contribution in [0.3, 0.4) is 0 Å². The van der Waals surface area contributed by atoms with Gasteiger partial charge < -0.3 is 10.0 Å². The Balaban J connectivity index is 0.000000451. The van der Waals surface area contributed by atoms with Crippen molar-refractivity contribution in [3.8, 4) is 0 Å². The van der Waals surface area contributed by atoms with Crippen molar-refractivity contribution in [3.05, 3.63) is 30.3 Å². The topological polar surface area (TPSA) is 98.2 Å². The lowest BCUT2D eigenvalue weighted by atomic mass is 9.92. The third-order valence-electron chi connectivity index (χ3n) is 5.69. The normalized spacial score (nSPS) is 22.7. The molecule has 0 aromatic heterocycles. The number of alkyl halides is 3. The van der Waals surface area contributed by atoms with Crippen LogP contribution in [0.1, 0.15) is 26.2 Å². The quantitative estimate of drug-likeness (QED) is 0.695. The van der Waals surface area contributed by atoms with Crippen molar-refractivity contribution in [1.82, 2.24) is 9.21 Å². The molecule has 2 saturated heterocycles. The molecule has 2 aliphatic rings. The number of carbonyl (C=O) groups excluding carboxylic acids is 1. The molecule has 0 bridgehead atoms. The number of nitrogens with zero attached hydrogens (tertiary/aromatic N) is 3. The molecular weight excluding hydrogens is 451 g/mol. The van der Waals surface area contributed by atoms with Crippen LogP contribution in [0, 0.1) is 0 Å². The molecule has 1 spiro atoms. The Labute approximate surface area is 185 Å². The molecule has 1 unspecified atom stereocenters. The number of benzene rings is 1. The fourth-order valence-electron chi connectivity index (χ4n) is 3.76. The molecule has 12 heteroatoms.